The average molecular weight is 337 g/mol. The molecule has 5 heteroatoms. The average Bonchev–Trinajstić information content (AvgIpc) is 2.85. The summed E-state index contributed by atoms with van der Waals surface area (Å²) in [6, 6.07) is 14.2. The number of hydrogen-bond donors (Lipinski definition) is 1. The van der Waals surface area contributed by atoms with Crippen molar-refractivity contribution in [1.82, 2.24) is 15.1 Å². The van der Waals surface area contributed by atoms with Crippen LogP contribution in [0.1, 0.15) is 17.0 Å². The number of rotatable bonds is 6. The van der Waals surface area contributed by atoms with Crippen LogP contribution in [-0.4, -0.2) is 28.8 Å². The first kappa shape index (κ1) is 17.0. The third-order valence-electron chi connectivity index (χ3n) is 4.41. The number of amides is 1. The summed E-state index contributed by atoms with van der Waals surface area (Å²) in [7, 11) is 1.89. The molecule has 0 radical (unpaired) electrons. The Balaban J connectivity index is 1.48. The van der Waals surface area contributed by atoms with E-state index in [0.29, 0.717) is 19.6 Å². The minimum absolute atomic E-state index is 0.0127. The summed E-state index contributed by atoms with van der Waals surface area (Å²) in [5.41, 5.74) is 2.93. The molecule has 0 bridgehead atoms. The summed E-state index contributed by atoms with van der Waals surface area (Å²) in [5.74, 6) is 0.799. The molecular formula is C20H23N3O2. The van der Waals surface area contributed by atoms with E-state index < -0.39 is 0 Å². The number of carbonyl (C=O) groups excluding carboxylic acids is 1. The van der Waals surface area contributed by atoms with E-state index in [9.17, 15) is 4.79 Å². The molecule has 1 amide bonds. The van der Waals surface area contributed by atoms with E-state index in [-0.39, 0.29) is 5.91 Å². The van der Waals surface area contributed by atoms with Gasteiger partial charge in [0.25, 0.3) is 0 Å². The molecule has 0 unspecified atom stereocenters. The lowest BCUT2D eigenvalue weighted by Gasteiger charge is -2.09. The van der Waals surface area contributed by atoms with Gasteiger partial charge in [0.1, 0.15) is 12.4 Å². The van der Waals surface area contributed by atoms with Crippen LogP contribution in [0.2, 0.25) is 0 Å². The molecule has 0 aliphatic carbocycles. The lowest BCUT2D eigenvalue weighted by Crippen LogP contribution is -2.29. The van der Waals surface area contributed by atoms with E-state index in [1.54, 1.807) is 4.68 Å². The highest BCUT2D eigenvalue weighted by Crippen LogP contribution is 2.20. The van der Waals surface area contributed by atoms with Crippen molar-refractivity contribution >= 4 is 16.7 Å². The van der Waals surface area contributed by atoms with Crippen LogP contribution >= 0.6 is 0 Å². The molecule has 2 aromatic carbocycles. The SMILES string of the molecule is Cc1nn(C)c(C)c1CC(=O)NCCOc1ccc2ccccc2c1. The second kappa shape index (κ2) is 7.38. The maximum Gasteiger partial charge on any atom is 0.224 e. The Morgan fingerprint density at radius 3 is 2.64 bits per heavy atom. The standard InChI is InChI=1S/C20H23N3O2/c1-14-19(15(2)23(3)22-14)13-20(24)21-10-11-25-18-9-8-16-6-4-5-7-17(16)12-18/h4-9,12H,10-11,13H2,1-3H3,(H,21,24). The lowest BCUT2D eigenvalue weighted by molar-refractivity contribution is -0.120. The van der Waals surface area contributed by atoms with Crippen LogP contribution in [-0.2, 0) is 18.3 Å². The van der Waals surface area contributed by atoms with E-state index >= 15 is 0 Å². The topological polar surface area (TPSA) is 56.2 Å². The Morgan fingerprint density at radius 1 is 1.16 bits per heavy atom. The third-order valence-corrected chi connectivity index (χ3v) is 4.41. The minimum atomic E-state index is -0.0127. The molecule has 130 valence electrons. The number of fused-ring (bicyclic) bond motifs is 1. The highest BCUT2D eigenvalue weighted by Gasteiger charge is 2.13. The number of aromatic nitrogens is 2. The van der Waals surface area contributed by atoms with Crippen molar-refractivity contribution in [2.45, 2.75) is 20.3 Å². The predicted octanol–water partition coefficient (Wildman–Crippen LogP) is 2.93. The lowest BCUT2D eigenvalue weighted by atomic mass is 10.1. The third kappa shape index (κ3) is 3.99. The second-order valence-electron chi connectivity index (χ2n) is 6.16. The molecule has 1 heterocycles. The molecule has 0 saturated carbocycles. The number of nitrogens with zero attached hydrogens (tertiary/aromatic N) is 2. The first-order chi connectivity index (χ1) is 12.0. The van der Waals surface area contributed by atoms with E-state index in [4.69, 9.17) is 4.74 Å². The Hall–Kier alpha value is -2.82. The molecular weight excluding hydrogens is 314 g/mol. The van der Waals surface area contributed by atoms with Gasteiger partial charge in [-0.15, -0.1) is 0 Å². The van der Waals surface area contributed by atoms with Gasteiger partial charge in [0.15, 0.2) is 0 Å². The van der Waals surface area contributed by atoms with Gasteiger partial charge in [0.2, 0.25) is 5.91 Å². The summed E-state index contributed by atoms with van der Waals surface area (Å²) in [6.45, 7) is 4.82. The van der Waals surface area contributed by atoms with Crippen LogP contribution < -0.4 is 10.1 Å². The molecule has 5 nitrogen and oxygen atoms in total. The Kier molecular flexibility index (Phi) is 5.03. The van der Waals surface area contributed by atoms with Gasteiger partial charge in [0.05, 0.1) is 18.7 Å². The Labute approximate surface area is 147 Å². The van der Waals surface area contributed by atoms with Crippen molar-refractivity contribution in [3.05, 3.63) is 59.4 Å². The number of aryl methyl sites for hydroxylation is 2. The summed E-state index contributed by atoms with van der Waals surface area (Å²) < 4.78 is 7.54. The second-order valence-corrected chi connectivity index (χ2v) is 6.16. The molecule has 25 heavy (non-hydrogen) atoms. The summed E-state index contributed by atoms with van der Waals surface area (Å²) in [4.78, 5) is 12.1. The van der Waals surface area contributed by atoms with Gasteiger partial charge in [-0.1, -0.05) is 30.3 Å². The monoisotopic (exact) mass is 337 g/mol. The molecule has 0 aliphatic rings. The molecule has 0 atom stereocenters. The van der Waals surface area contributed by atoms with Crippen LogP contribution in [0.15, 0.2) is 42.5 Å². The van der Waals surface area contributed by atoms with Gasteiger partial charge in [-0.2, -0.15) is 5.10 Å². The van der Waals surface area contributed by atoms with Crippen molar-refractivity contribution in [2.75, 3.05) is 13.2 Å². The van der Waals surface area contributed by atoms with E-state index in [1.807, 2.05) is 51.2 Å². The normalized spacial score (nSPS) is 10.8. The van der Waals surface area contributed by atoms with Gasteiger partial charge in [-0.05, 0) is 36.8 Å². The fraction of sp³-hybridized carbons (Fsp3) is 0.300. The predicted molar refractivity (Wildman–Crippen MR) is 98.8 cm³/mol. The van der Waals surface area contributed by atoms with Gasteiger partial charge < -0.3 is 10.1 Å². The van der Waals surface area contributed by atoms with Crippen LogP contribution in [0, 0.1) is 13.8 Å². The number of benzene rings is 2. The van der Waals surface area contributed by atoms with Crippen molar-refractivity contribution in [2.24, 2.45) is 7.05 Å². The van der Waals surface area contributed by atoms with E-state index in [2.05, 4.69) is 22.5 Å². The maximum atomic E-state index is 12.1. The van der Waals surface area contributed by atoms with Crippen LogP contribution in [0.4, 0.5) is 0 Å². The molecule has 0 saturated heterocycles. The van der Waals surface area contributed by atoms with Crippen molar-refractivity contribution < 1.29 is 9.53 Å². The van der Waals surface area contributed by atoms with Crippen LogP contribution in [0.5, 0.6) is 5.75 Å². The van der Waals surface area contributed by atoms with Gasteiger partial charge in [0, 0.05) is 18.3 Å². The fourth-order valence-electron chi connectivity index (χ4n) is 2.91. The van der Waals surface area contributed by atoms with Gasteiger partial charge in [-0.3, -0.25) is 9.48 Å². The molecule has 1 N–H and O–H groups in total. The van der Waals surface area contributed by atoms with Crippen LogP contribution in [0.3, 0.4) is 0 Å². The van der Waals surface area contributed by atoms with Crippen molar-refractivity contribution in [3.8, 4) is 5.75 Å². The molecule has 0 aliphatic heterocycles. The molecule has 3 rings (SSSR count). The van der Waals surface area contributed by atoms with Crippen LogP contribution in [0.25, 0.3) is 10.8 Å². The van der Waals surface area contributed by atoms with E-state index in [0.717, 1.165) is 28.1 Å². The smallest absolute Gasteiger partial charge is 0.224 e. The number of carbonyl (C=O) groups is 1. The van der Waals surface area contributed by atoms with Crippen molar-refractivity contribution in [3.63, 3.8) is 0 Å². The zero-order valence-corrected chi connectivity index (χ0v) is 14.9. The summed E-state index contributed by atoms with van der Waals surface area (Å²) in [5, 5.41) is 9.57. The molecule has 0 fully saturated rings. The first-order valence-electron chi connectivity index (χ1n) is 8.42. The fourth-order valence-corrected chi connectivity index (χ4v) is 2.91. The van der Waals surface area contributed by atoms with Crippen molar-refractivity contribution in [1.29, 1.82) is 0 Å². The minimum Gasteiger partial charge on any atom is -0.492 e. The first-order valence-corrected chi connectivity index (χ1v) is 8.42. The number of hydrogen-bond acceptors (Lipinski definition) is 3. The number of nitrogens with one attached hydrogen (secondary N) is 1. The number of ether oxygens (including phenoxy) is 1. The summed E-state index contributed by atoms with van der Waals surface area (Å²) in [6.07, 6.45) is 0.349. The van der Waals surface area contributed by atoms with E-state index in [1.165, 1.54) is 5.39 Å². The Bertz CT molecular complexity index is 899. The van der Waals surface area contributed by atoms with Gasteiger partial charge in [-0.25, -0.2) is 0 Å². The molecule has 0 spiro atoms. The quantitative estimate of drug-likeness (QED) is 0.704. The zero-order chi connectivity index (χ0) is 17.8. The molecule has 3 aromatic rings. The highest BCUT2D eigenvalue weighted by molar-refractivity contribution is 5.83. The summed E-state index contributed by atoms with van der Waals surface area (Å²) >= 11 is 0. The zero-order valence-electron chi connectivity index (χ0n) is 14.9. The largest absolute Gasteiger partial charge is 0.492 e. The highest BCUT2D eigenvalue weighted by atomic mass is 16.5. The Morgan fingerprint density at radius 2 is 1.92 bits per heavy atom. The van der Waals surface area contributed by atoms with Gasteiger partial charge >= 0.3 is 0 Å². The maximum absolute atomic E-state index is 12.1. The molecule has 1 aromatic heterocycles.